The predicted octanol–water partition coefficient (Wildman–Crippen LogP) is 3.74. The molecule has 0 aliphatic heterocycles. The average Bonchev–Trinajstić information content (AvgIpc) is 2.45. The van der Waals surface area contributed by atoms with Crippen LogP contribution in [-0.2, 0) is 20.2 Å². The van der Waals surface area contributed by atoms with Crippen LogP contribution in [0.3, 0.4) is 0 Å². The molecule has 0 atom stereocenters. The van der Waals surface area contributed by atoms with Crippen LogP contribution in [-0.4, -0.2) is 12.1 Å². The number of benzene rings is 2. The standard InChI is InChI=1S/C14H10F3O2S/c15-14(16,17)13(18)19-20(11-7-3-1-4-8-11)12-9-5-2-6-10-12/h1-10H/q+1. The van der Waals surface area contributed by atoms with Gasteiger partial charge in [0.2, 0.25) is 9.79 Å². The van der Waals surface area contributed by atoms with Crippen molar-refractivity contribution in [2.75, 3.05) is 0 Å². The van der Waals surface area contributed by atoms with Crippen molar-refractivity contribution in [3.8, 4) is 0 Å². The highest BCUT2D eigenvalue weighted by Gasteiger charge is 2.47. The van der Waals surface area contributed by atoms with E-state index >= 15 is 0 Å². The van der Waals surface area contributed by atoms with Crippen LogP contribution in [0.5, 0.6) is 0 Å². The molecule has 0 aromatic heterocycles. The topological polar surface area (TPSA) is 26.3 Å². The van der Waals surface area contributed by atoms with E-state index in [1.165, 1.54) is 0 Å². The molecule has 0 spiro atoms. The van der Waals surface area contributed by atoms with Crippen molar-refractivity contribution in [3.63, 3.8) is 0 Å². The quantitative estimate of drug-likeness (QED) is 0.807. The molecule has 0 unspecified atom stereocenters. The molecule has 0 N–H and O–H groups in total. The first kappa shape index (κ1) is 14.5. The van der Waals surface area contributed by atoms with E-state index in [2.05, 4.69) is 4.18 Å². The van der Waals surface area contributed by atoms with Crippen molar-refractivity contribution in [1.29, 1.82) is 0 Å². The average molecular weight is 299 g/mol. The third kappa shape index (κ3) is 3.54. The molecule has 0 aliphatic rings. The Morgan fingerprint density at radius 3 is 1.60 bits per heavy atom. The molecule has 0 fully saturated rings. The van der Waals surface area contributed by atoms with E-state index in [-0.39, 0.29) is 0 Å². The van der Waals surface area contributed by atoms with E-state index in [9.17, 15) is 18.0 Å². The number of alkyl halides is 3. The first-order valence-electron chi connectivity index (χ1n) is 5.62. The SMILES string of the molecule is O=C(O[S+](c1ccccc1)c1ccccc1)C(F)(F)F. The monoisotopic (exact) mass is 299 g/mol. The van der Waals surface area contributed by atoms with Gasteiger partial charge in [-0.3, -0.25) is 0 Å². The molecule has 2 aromatic rings. The summed E-state index contributed by atoms with van der Waals surface area (Å²) >= 11 is -1.40. The van der Waals surface area contributed by atoms with Gasteiger partial charge < -0.3 is 0 Å². The minimum Gasteiger partial charge on any atom is -0.235 e. The predicted molar refractivity (Wildman–Crippen MR) is 68.9 cm³/mol. The molecule has 0 bridgehead atoms. The highest BCUT2D eigenvalue weighted by atomic mass is 32.2. The zero-order chi connectivity index (χ0) is 14.6. The molecule has 6 heteroatoms. The Hall–Kier alpha value is -1.95. The van der Waals surface area contributed by atoms with Crippen molar-refractivity contribution in [3.05, 3.63) is 60.7 Å². The van der Waals surface area contributed by atoms with Gasteiger partial charge in [-0.25, -0.2) is 8.98 Å². The van der Waals surface area contributed by atoms with E-state index in [0.29, 0.717) is 9.79 Å². The summed E-state index contributed by atoms with van der Waals surface area (Å²) in [4.78, 5) is 12.1. The molecular formula is C14H10F3O2S+. The number of hydrogen-bond donors (Lipinski definition) is 0. The van der Waals surface area contributed by atoms with Crippen LogP contribution in [0.4, 0.5) is 13.2 Å². The largest absolute Gasteiger partial charge is 0.496 e. The summed E-state index contributed by atoms with van der Waals surface area (Å²) in [5.41, 5.74) is 0. The first-order valence-corrected chi connectivity index (χ1v) is 6.77. The Morgan fingerprint density at radius 2 is 1.25 bits per heavy atom. The lowest BCUT2D eigenvalue weighted by Gasteiger charge is -2.07. The van der Waals surface area contributed by atoms with E-state index < -0.39 is 23.3 Å². The van der Waals surface area contributed by atoms with Gasteiger partial charge in [0, 0.05) is 0 Å². The third-order valence-electron chi connectivity index (χ3n) is 2.31. The number of rotatable bonds is 3. The number of carbonyl (C=O) groups is 1. The Labute approximate surface area is 116 Å². The molecule has 0 saturated carbocycles. The van der Waals surface area contributed by atoms with Crippen LogP contribution in [0, 0.1) is 0 Å². The highest BCUT2D eigenvalue weighted by Crippen LogP contribution is 2.28. The Bertz CT molecular complexity index is 530. The molecule has 0 amide bonds. The summed E-state index contributed by atoms with van der Waals surface area (Å²) in [5.74, 6) is -2.19. The van der Waals surface area contributed by atoms with Gasteiger partial charge in [0.1, 0.15) is 0 Å². The molecule has 2 aromatic carbocycles. The minimum atomic E-state index is -5.01. The summed E-state index contributed by atoms with van der Waals surface area (Å²) in [7, 11) is 0. The molecule has 20 heavy (non-hydrogen) atoms. The second kappa shape index (κ2) is 6.00. The fourth-order valence-corrected chi connectivity index (χ4v) is 2.96. The van der Waals surface area contributed by atoms with Crippen LogP contribution >= 0.6 is 0 Å². The van der Waals surface area contributed by atoms with Crippen LogP contribution in [0.15, 0.2) is 70.5 Å². The molecule has 2 rings (SSSR count). The van der Waals surface area contributed by atoms with Gasteiger partial charge in [-0.05, 0) is 24.3 Å². The van der Waals surface area contributed by atoms with Gasteiger partial charge in [-0.15, -0.1) is 0 Å². The van der Waals surface area contributed by atoms with E-state index in [1.54, 1.807) is 60.7 Å². The second-order valence-corrected chi connectivity index (χ2v) is 5.41. The van der Waals surface area contributed by atoms with Crippen molar-refractivity contribution in [2.24, 2.45) is 0 Å². The molecular weight excluding hydrogens is 289 g/mol. The van der Waals surface area contributed by atoms with Crippen molar-refractivity contribution >= 4 is 17.1 Å². The van der Waals surface area contributed by atoms with Gasteiger partial charge in [0.05, 0.1) is 0 Å². The molecule has 0 aliphatic carbocycles. The number of hydrogen-bond acceptors (Lipinski definition) is 2. The van der Waals surface area contributed by atoms with Gasteiger partial charge in [-0.2, -0.15) is 13.2 Å². The van der Waals surface area contributed by atoms with E-state index in [4.69, 9.17) is 0 Å². The van der Waals surface area contributed by atoms with Crippen LogP contribution in [0.1, 0.15) is 0 Å². The number of halogens is 3. The molecule has 2 nitrogen and oxygen atoms in total. The maximum atomic E-state index is 12.4. The zero-order valence-electron chi connectivity index (χ0n) is 10.1. The van der Waals surface area contributed by atoms with Gasteiger partial charge in [0.15, 0.2) is 0 Å². The lowest BCUT2D eigenvalue weighted by Crippen LogP contribution is -2.28. The normalized spacial score (nSPS) is 11.4. The van der Waals surface area contributed by atoms with Crippen molar-refractivity contribution < 1.29 is 22.1 Å². The Morgan fingerprint density at radius 1 is 0.850 bits per heavy atom. The first-order chi connectivity index (χ1) is 9.48. The molecule has 104 valence electrons. The smallest absolute Gasteiger partial charge is 0.235 e. The Kier molecular flexibility index (Phi) is 4.34. The number of carbonyl (C=O) groups excluding carboxylic acids is 1. The lowest BCUT2D eigenvalue weighted by molar-refractivity contribution is -0.188. The highest BCUT2D eigenvalue weighted by molar-refractivity contribution is 7.92. The van der Waals surface area contributed by atoms with Gasteiger partial charge >= 0.3 is 12.1 Å². The summed E-state index contributed by atoms with van der Waals surface area (Å²) in [5, 5.41) is 0. The fraction of sp³-hybridized carbons (Fsp3) is 0.0714. The summed E-state index contributed by atoms with van der Waals surface area (Å²) in [6.45, 7) is 0. The maximum absolute atomic E-state index is 12.4. The Balaban J connectivity index is 2.34. The van der Waals surface area contributed by atoms with Gasteiger partial charge in [0.25, 0.3) is 11.2 Å². The minimum absolute atomic E-state index is 0.510. The van der Waals surface area contributed by atoms with Crippen LogP contribution in [0.2, 0.25) is 0 Å². The molecule has 0 heterocycles. The van der Waals surface area contributed by atoms with Crippen molar-refractivity contribution in [2.45, 2.75) is 16.0 Å². The van der Waals surface area contributed by atoms with E-state index in [1.807, 2.05) is 0 Å². The lowest BCUT2D eigenvalue weighted by atomic mass is 10.4. The zero-order valence-corrected chi connectivity index (χ0v) is 10.9. The molecule has 0 radical (unpaired) electrons. The molecule has 0 saturated heterocycles. The maximum Gasteiger partial charge on any atom is 0.496 e. The van der Waals surface area contributed by atoms with Crippen molar-refractivity contribution in [1.82, 2.24) is 0 Å². The summed E-state index contributed by atoms with van der Waals surface area (Å²) < 4.78 is 41.8. The third-order valence-corrected chi connectivity index (χ3v) is 4.02. The van der Waals surface area contributed by atoms with Gasteiger partial charge in [-0.1, -0.05) is 36.4 Å². The van der Waals surface area contributed by atoms with Crippen LogP contribution in [0.25, 0.3) is 0 Å². The van der Waals surface area contributed by atoms with Crippen LogP contribution < -0.4 is 0 Å². The summed E-state index contributed by atoms with van der Waals surface area (Å²) in [6, 6.07) is 16.7. The van der Waals surface area contributed by atoms with E-state index in [0.717, 1.165) is 0 Å². The summed E-state index contributed by atoms with van der Waals surface area (Å²) in [6.07, 6.45) is -5.01. The second-order valence-electron chi connectivity index (χ2n) is 3.76. The fourth-order valence-electron chi connectivity index (χ4n) is 1.44.